The molecule has 2 N–H and O–H groups in total. The van der Waals surface area contributed by atoms with Crippen LogP contribution in [0.25, 0.3) is 0 Å². The summed E-state index contributed by atoms with van der Waals surface area (Å²) in [5.41, 5.74) is 3.07. The molecule has 0 unspecified atom stereocenters. The van der Waals surface area contributed by atoms with Crippen molar-refractivity contribution >= 4 is 28.9 Å². The summed E-state index contributed by atoms with van der Waals surface area (Å²) in [6, 6.07) is 5.66. The van der Waals surface area contributed by atoms with Gasteiger partial charge in [0.2, 0.25) is 11.8 Å². The molecule has 0 spiro atoms. The van der Waals surface area contributed by atoms with Crippen LogP contribution in [0.3, 0.4) is 0 Å². The van der Waals surface area contributed by atoms with Crippen molar-refractivity contribution in [2.75, 3.05) is 5.32 Å². The van der Waals surface area contributed by atoms with Crippen LogP contribution < -0.4 is 10.7 Å². The number of nitro benzene ring substituents is 1. The molecule has 0 aliphatic heterocycles. The van der Waals surface area contributed by atoms with Gasteiger partial charge in [0.05, 0.1) is 11.3 Å². The molecule has 0 atom stereocenters. The van der Waals surface area contributed by atoms with Crippen LogP contribution in [0, 0.1) is 10.1 Å². The fourth-order valence-corrected chi connectivity index (χ4v) is 1.73. The molecule has 8 heteroatoms. The summed E-state index contributed by atoms with van der Waals surface area (Å²) in [7, 11) is 0. The summed E-state index contributed by atoms with van der Waals surface area (Å²) >= 11 is 0. The van der Waals surface area contributed by atoms with Crippen molar-refractivity contribution < 1.29 is 14.5 Å². The van der Waals surface area contributed by atoms with Gasteiger partial charge in [-0.25, -0.2) is 5.43 Å². The molecule has 0 fully saturated rings. The zero-order chi connectivity index (χ0) is 17.2. The van der Waals surface area contributed by atoms with Crippen LogP contribution in [0.4, 0.5) is 11.4 Å². The predicted molar refractivity (Wildman–Crippen MR) is 87.1 cm³/mol. The number of nitro groups is 1. The normalized spacial score (nSPS) is 11.0. The van der Waals surface area contributed by atoms with E-state index in [9.17, 15) is 19.7 Å². The molecule has 0 saturated carbocycles. The first-order chi connectivity index (χ1) is 10.9. The maximum atomic E-state index is 11.8. The number of amides is 2. The highest BCUT2D eigenvalue weighted by atomic mass is 16.6. The number of benzene rings is 1. The Labute approximate surface area is 134 Å². The third kappa shape index (κ3) is 7.16. The van der Waals surface area contributed by atoms with Crippen LogP contribution >= 0.6 is 0 Å². The van der Waals surface area contributed by atoms with Crippen molar-refractivity contribution in [2.24, 2.45) is 5.10 Å². The number of anilines is 1. The fourth-order valence-electron chi connectivity index (χ4n) is 1.73. The second-order valence-corrected chi connectivity index (χ2v) is 5.02. The summed E-state index contributed by atoms with van der Waals surface area (Å²) in [5.74, 6) is -0.556. The molecule has 1 rings (SSSR count). The lowest BCUT2D eigenvalue weighted by Crippen LogP contribution is -2.21. The minimum absolute atomic E-state index is 0.0171. The van der Waals surface area contributed by atoms with Crippen molar-refractivity contribution in [3.63, 3.8) is 0 Å². The van der Waals surface area contributed by atoms with Gasteiger partial charge >= 0.3 is 0 Å². The Morgan fingerprint density at radius 2 is 2.04 bits per heavy atom. The van der Waals surface area contributed by atoms with Crippen LogP contribution in [-0.4, -0.2) is 22.4 Å². The quantitative estimate of drug-likeness (QED) is 0.435. The summed E-state index contributed by atoms with van der Waals surface area (Å²) < 4.78 is 0. The maximum absolute atomic E-state index is 11.8. The Kier molecular flexibility index (Phi) is 7.38. The summed E-state index contributed by atoms with van der Waals surface area (Å²) in [6.07, 6.45) is 2.08. The summed E-state index contributed by atoms with van der Waals surface area (Å²) in [4.78, 5) is 33.4. The summed E-state index contributed by atoms with van der Waals surface area (Å²) in [6.45, 7) is 3.60. The Balaban J connectivity index is 2.51. The molecule has 1 aromatic carbocycles. The molecule has 2 amide bonds. The zero-order valence-corrected chi connectivity index (χ0v) is 13.2. The van der Waals surface area contributed by atoms with Crippen LogP contribution in [-0.2, 0) is 9.59 Å². The van der Waals surface area contributed by atoms with E-state index in [-0.39, 0.29) is 23.9 Å². The molecule has 1 aromatic rings. The lowest BCUT2D eigenvalue weighted by atomic mass is 10.2. The van der Waals surface area contributed by atoms with Crippen LogP contribution in [0.1, 0.15) is 39.5 Å². The number of nitrogens with one attached hydrogen (secondary N) is 2. The van der Waals surface area contributed by atoms with Crippen molar-refractivity contribution in [2.45, 2.75) is 39.5 Å². The van der Waals surface area contributed by atoms with Gasteiger partial charge in [-0.3, -0.25) is 19.7 Å². The Morgan fingerprint density at radius 3 is 2.70 bits per heavy atom. The van der Waals surface area contributed by atoms with E-state index in [0.29, 0.717) is 17.8 Å². The van der Waals surface area contributed by atoms with E-state index in [1.807, 2.05) is 6.92 Å². The molecule has 0 aliphatic rings. The number of hydrazone groups is 1. The first-order valence-corrected chi connectivity index (χ1v) is 7.28. The van der Waals surface area contributed by atoms with Gasteiger partial charge in [-0.2, -0.15) is 5.10 Å². The number of carbonyl (C=O) groups is 2. The van der Waals surface area contributed by atoms with Gasteiger partial charge in [0, 0.05) is 30.0 Å². The van der Waals surface area contributed by atoms with E-state index in [1.165, 1.54) is 18.2 Å². The molecular formula is C15H20N4O4. The van der Waals surface area contributed by atoms with Crippen molar-refractivity contribution in [3.05, 3.63) is 34.4 Å². The van der Waals surface area contributed by atoms with E-state index >= 15 is 0 Å². The average Bonchev–Trinajstić information content (AvgIpc) is 2.51. The number of unbranched alkanes of at least 4 members (excludes halogenated alkanes) is 1. The number of hydrogen-bond acceptors (Lipinski definition) is 5. The van der Waals surface area contributed by atoms with Crippen LogP contribution in [0.5, 0.6) is 0 Å². The lowest BCUT2D eigenvalue weighted by Gasteiger charge is -2.05. The Bertz CT molecular complexity index is 613. The first kappa shape index (κ1) is 18.3. The number of rotatable bonds is 8. The van der Waals surface area contributed by atoms with Crippen LogP contribution in [0.15, 0.2) is 29.4 Å². The van der Waals surface area contributed by atoms with Crippen molar-refractivity contribution in [3.8, 4) is 0 Å². The van der Waals surface area contributed by atoms with E-state index < -0.39 is 4.92 Å². The Morgan fingerprint density at radius 1 is 1.30 bits per heavy atom. The highest BCUT2D eigenvalue weighted by Crippen LogP contribution is 2.17. The van der Waals surface area contributed by atoms with Crippen LogP contribution in [0.2, 0.25) is 0 Å². The molecule has 0 saturated heterocycles. The highest BCUT2D eigenvalue weighted by molar-refractivity contribution is 6.05. The predicted octanol–water partition coefficient (Wildman–Crippen LogP) is 2.61. The van der Waals surface area contributed by atoms with Gasteiger partial charge in [0.15, 0.2) is 0 Å². The fraction of sp³-hybridized carbons (Fsp3) is 0.400. The minimum Gasteiger partial charge on any atom is -0.326 e. The largest absolute Gasteiger partial charge is 0.326 e. The van der Waals surface area contributed by atoms with E-state index in [1.54, 1.807) is 13.0 Å². The molecule has 0 heterocycles. The zero-order valence-electron chi connectivity index (χ0n) is 13.2. The molecule has 124 valence electrons. The second kappa shape index (κ2) is 9.29. The Hall–Kier alpha value is -2.77. The van der Waals surface area contributed by atoms with E-state index in [4.69, 9.17) is 0 Å². The molecule has 0 aromatic heterocycles. The minimum atomic E-state index is -0.534. The molecule has 0 radical (unpaired) electrons. The number of non-ortho nitro benzene ring substituents is 1. The topological polar surface area (TPSA) is 114 Å². The standard InChI is InChI=1S/C15H20N4O4/c1-3-4-8-14(20)18-17-11(2)9-15(21)16-12-6-5-7-13(10-12)19(22)23/h5-7,10H,3-4,8-9H2,1-2H3,(H,16,21)(H,18,20)/b17-11+. The van der Waals surface area contributed by atoms with E-state index in [0.717, 1.165) is 12.8 Å². The molecule has 0 bridgehead atoms. The third-order valence-electron chi connectivity index (χ3n) is 2.89. The maximum Gasteiger partial charge on any atom is 0.271 e. The average molecular weight is 320 g/mol. The lowest BCUT2D eigenvalue weighted by molar-refractivity contribution is -0.384. The molecular weight excluding hydrogens is 300 g/mol. The van der Waals surface area contributed by atoms with Gasteiger partial charge in [0.1, 0.15) is 0 Å². The number of hydrogen-bond donors (Lipinski definition) is 2. The number of nitrogens with zero attached hydrogens (tertiary/aromatic N) is 2. The number of carbonyl (C=O) groups excluding carboxylic acids is 2. The monoisotopic (exact) mass is 320 g/mol. The second-order valence-electron chi connectivity index (χ2n) is 5.02. The van der Waals surface area contributed by atoms with Crippen molar-refractivity contribution in [1.82, 2.24) is 5.43 Å². The van der Waals surface area contributed by atoms with Gasteiger partial charge in [-0.15, -0.1) is 0 Å². The van der Waals surface area contributed by atoms with Gasteiger partial charge in [-0.1, -0.05) is 19.4 Å². The molecule has 0 aliphatic carbocycles. The smallest absolute Gasteiger partial charge is 0.271 e. The van der Waals surface area contributed by atoms with Crippen molar-refractivity contribution in [1.29, 1.82) is 0 Å². The first-order valence-electron chi connectivity index (χ1n) is 7.28. The summed E-state index contributed by atoms with van der Waals surface area (Å²) in [5, 5.41) is 17.1. The molecule has 8 nitrogen and oxygen atoms in total. The van der Waals surface area contributed by atoms with Gasteiger partial charge < -0.3 is 5.32 Å². The SMILES string of the molecule is CCCCC(=O)N/N=C(\C)CC(=O)Nc1cccc([N+](=O)[O-])c1. The molecule has 23 heavy (non-hydrogen) atoms. The van der Waals surface area contributed by atoms with Gasteiger partial charge in [-0.05, 0) is 19.4 Å². The van der Waals surface area contributed by atoms with Gasteiger partial charge in [0.25, 0.3) is 5.69 Å². The third-order valence-corrected chi connectivity index (χ3v) is 2.89. The van der Waals surface area contributed by atoms with E-state index in [2.05, 4.69) is 15.8 Å². The highest BCUT2D eigenvalue weighted by Gasteiger charge is 2.09.